The van der Waals surface area contributed by atoms with E-state index >= 15 is 0 Å². The van der Waals surface area contributed by atoms with Crippen molar-refractivity contribution < 1.29 is 14.0 Å². The molecule has 2 amide bonds. The third kappa shape index (κ3) is 5.38. The van der Waals surface area contributed by atoms with Gasteiger partial charge in [0, 0.05) is 12.2 Å². The molecule has 0 saturated heterocycles. The maximum absolute atomic E-state index is 13.0. The number of carbonyl (C=O) groups is 2. The predicted octanol–water partition coefficient (Wildman–Crippen LogP) is 3.17. The van der Waals surface area contributed by atoms with Crippen LogP contribution in [0.25, 0.3) is 0 Å². The first-order valence-electron chi connectivity index (χ1n) is 7.14. The Kier molecular flexibility index (Phi) is 6.11. The van der Waals surface area contributed by atoms with Crippen LogP contribution in [0.4, 0.5) is 10.1 Å². The third-order valence-electron chi connectivity index (χ3n) is 3.15. The van der Waals surface area contributed by atoms with Crippen LogP contribution >= 0.6 is 11.6 Å². The molecule has 0 aliphatic heterocycles. The third-order valence-corrected chi connectivity index (χ3v) is 3.44. The molecule has 0 aliphatic rings. The van der Waals surface area contributed by atoms with E-state index in [0.717, 1.165) is 18.9 Å². The van der Waals surface area contributed by atoms with Gasteiger partial charge in [0.1, 0.15) is 5.82 Å². The second-order valence-corrected chi connectivity index (χ2v) is 5.34. The smallest absolute Gasteiger partial charge is 0.313 e. The van der Waals surface area contributed by atoms with E-state index < -0.39 is 17.6 Å². The Hall–Kier alpha value is -2.40. The first-order valence-corrected chi connectivity index (χ1v) is 7.52. The van der Waals surface area contributed by atoms with Crippen molar-refractivity contribution in [2.45, 2.75) is 12.8 Å². The first-order chi connectivity index (χ1) is 11.1. The minimum Gasteiger partial charge on any atom is -0.348 e. The number of hydrogen-bond acceptors (Lipinski definition) is 2. The van der Waals surface area contributed by atoms with Gasteiger partial charge in [-0.2, -0.15) is 0 Å². The molecule has 0 radical (unpaired) electrons. The lowest BCUT2D eigenvalue weighted by Crippen LogP contribution is -2.36. The van der Waals surface area contributed by atoms with Crippen molar-refractivity contribution in [1.82, 2.24) is 5.32 Å². The van der Waals surface area contributed by atoms with Gasteiger partial charge in [-0.25, -0.2) is 4.39 Å². The van der Waals surface area contributed by atoms with Crippen LogP contribution in [-0.2, 0) is 16.0 Å². The second kappa shape index (κ2) is 8.29. The highest BCUT2D eigenvalue weighted by Crippen LogP contribution is 2.19. The molecule has 0 aromatic heterocycles. The number of nitrogens with one attached hydrogen (secondary N) is 2. The van der Waals surface area contributed by atoms with Gasteiger partial charge in [0.05, 0.1) is 5.02 Å². The van der Waals surface area contributed by atoms with Gasteiger partial charge in [0.2, 0.25) is 0 Å². The van der Waals surface area contributed by atoms with Crippen LogP contribution in [0, 0.1) is 5.82 Å². The average Bonchev–Trinajstić information content (AvgIpc) is 2.55. The summed E-state index contributed by atoms with van der Waals surface area (Å²) in [5, 5.41) is 4.79. The van der Waals surface area contributed by atoms with E-state index in [4.69, 9.17) is 11.6 Å². The Morgan fingerprint density at radius 1 is 1.04 bits per heavy atom. The highest BCUT2D eigenvalue weighted by Gasteiger charge is 2.13. The van der Waals surface area contributed by atoms with E-state index in [9.17, 15) is 14.0 Å². The Morgan fingerprint density at radius 3 is 2.48 bits per heavy atom. The van der Waals surface area contributed by atoms with Crippen LogP contribution in [0.5, 0.6) is 0 Å². The van der Waals surface area contributed by atoms with E-state index in [1.54, 1.807) is 0 Å². The van der Waals surface area contributed by atoms with Gasteiger partial charge in [-0.3, -0.25) is 9.59 Å². The van der Waals surface area contributed by atoms with Gasteiger partial charge in [0.25, 0.3) is 0 Å². The van der Waals surface area contributed by atoms with Crippen molar-refractivity contribution in [1.29, 1.82) is 0 Å². The summed E-state index contributed by atoms with van der Waals surface area (Å²) in [4.78, 5) is 23.4. The fourth-order valence-electron chi connectivity index (χ4n) is 1.98. The number of carbonyl (C=O) groups excluding carboxylic acids is 2. The fraction of sp³-hybridized carbons (Fsp3) is 0.176. The number of benzene rings is 2. The van der Waals surface area contributed by atoms with Crippen LogP contribution in [0.15, 0.2) is 48.5 Å². The lowest BCUT2D eigenvalue weighted by molar-refractivity contribution is -0.136. The molecule has 2 N–H and O–H groups in total. The maximum atomic E-state index is 13.0. The van der Waals surface area contributed by atoms with Crippen LogP contribution < -0.4 is 10.6 Å². The summed E-state index contributed by atoms with van der Waals surface area (Å²) in [5.41, 5.74) is 1.44. The van der Waals surface area contributed by atoms with Gasteiger partial charge in [-0.1, -0.05) is 41.9 Å². The molecule has 0 fully saturated rings. The maximum Gasteiger partial charge on any atom is 0.313 e. The molecule has 6 heteroatoms. The average molecular weight is 335 g/mol. The Bertz CT molecular complexity index is 692. The number of halogens is 2. The predicted molar refractivity (Wildman–Crippen MR) is 87.8 cm³/mol. The van der Waals surface area contributed by atoms with Gasteiger partial charge in [-0.15, -0.1) is 0 Å². The quantitative estimate of drug-likeness (QED) is 0.652. The zero-order valence-corrected chi connectivity index (χ0v) is 13.1. The van der Waals surface area contributed by atoms with Crippen LogP contribution in [0.2, 0.25) is 5.02 Å². The first kappa shape index (κ1) is 17.0. The molecule has 23 heavy (non-hydrogen) atoms. The molecule has 2 aromatic carbocycles. The van der Waals surface area contributed by atoms with Gasteiger partial charge in [0.15, 0.2) is 0 Å². The summed E-state index contributed by atoms with van der Waals surface area (Å²) in [7, 11) is 0. The van der Waals surface area contributed by atoms with Gasteiger partial charge in [-0.05, 0) is 36.6 Å². The normalized spacial score (nSPS) is 10.2. The molecule has 0 heterocycles. The Morgan fingerprint density at radius 2 is 1.78 bits per heavy atom. The van der Waals surface area contributed by atoms with Crippen molar-refractivity contribution in [2.75, 3.05) is 11.9 Å². The standard InChI is InChI=1S/C17H16ClFN2O2/c18-14-11-13(8-9-15(14)19)21-17(23)16(22)20-10-4-7-12-5-2-1-3-6-12/h1-3,5-6,8-9,11H,4,7,10H2,(H,20,22)(H,21,23). The molecule has 4 nitrogen and oxygen atoms in total. The minimum absolute atomic E-state index is 0.119. The van der Waals surface area contributed by atoms with Crippen molar-refractivity contribution in [3.63, 3.8) is 0 Å². The monoisotopic (exact) mass is 334 g/mol. The lowest BCUT2D eigenvalue weighted by Gasteiger charge is -2.07. The van der Waals surface area contributed by atoms with E-state index in [1.165, 1.54) is 17.7 Å². The van der Waals surface area contributed by atoms with Crippen molar-refractivity contribution in [2.24, 2.45) is 0 Å². The molecule has 0 aliphatic carbocycles. The van der Waals surface area contributed by atoms with Crippen LogP contribution in [-0.4, -0.2) is 18.4 Å². The minimum atomic E-state index is -0.813. The highest BCUT2D eigenvalue weighted by atomic mass is 35.5. The van der Waals surface area contributed by atoms with Crippen molar-refractivity contribution >= 4 is 29.1 Å². The summed E-state index contributed by atoms with van der Waals surface area (Å²) >= 11 is 5.61. The summed E-state index contributed by atoms with van der Waals surface area (Å²) < 4.78 is 13.0. The molecule has 0 spiro atoms. The van der Waals surface area contributed by atoms with Gasteiger partial charge < -0.3 is 10.6 Å². The number of hydrogen-bond donors (Lipinski definition) is 2. The molecule has 2 aromatic rings. The summed E-state index contributed by atoms with van der Waals surface area (Å²) in [5.74, 6) is -2.14. The topological polar surface area (TPSA) is 58.2 Å². The fourth-order valence-corrected chi connectivity index (χ4v) is 2.16. The molecule has 0 atom stereocenters. The Balaban J connectivity index is 1.74. The number of amides is 2. The number of anilines is 1. The molecule has 120 valence electrons. The second-order valence-electron chi connectivity index (χ2n) is 4.93. The molecule has 0 saturated carbocycles. The zero-order valence-electron chi connectivity index (χ0n) is 12.3. The Labute approximate surface area is 138 Å². The number of rotatable bonds is 5. The van der Waals surface area contributed by atoms with Gasteiger partial charge >= 0.3 is 11.8 Å². The van der Waals surface area contributed by atoms with Crippen molar-refractivity contribution in [3.05, 3.63) is 64.9 Å². The summed E-state index contributed by atoms with van der Waals surface area (Å²) in [6.45, 7) is 0.394. The largest absolute Gasteiger partial charge is 0.348 e. The summed E-state index contributed by atoms with van der Waals surface area (Å²) in [6, 6.07) is 13.6. The number of aryl methyl sites for hydroxylation is 1. The zero-order chi connectivity index (χ0) is 16.7. The van der Waals surface area contributed by atoms with Crippen molar-refractivity contribution in [3.8, 4) is 0 Å². The van der Waals surface area contributed by atoms with Crippen LogP contribution in [0.3, 0.4) is 0 Å². The van der Waals surface area contributed by atoms with Crippen LogP contribution in [0.1, 0.15) is 12.0 Å². The molecule has 0 unspecified atom stereocenters. The van der Waals surface area contributed by atoms with E-state index in [-0.39, 0.29) is 10.7 Å². The summed E-state index contributed by atoms with van der Waals surface area (Å²) in [6.07, 6.45) is 1.54. The van der Waals surface area contributed by atoms with E-state index in [0.29, 0.717) is 6.54 Å². The molecule has 0 bridgehead atoms. The lowest BCUT2D eigenvalue weighted by atomic mass is 10.1. The molecule has 2 rings (SSSR count). The van der Waals surface area contributed by atoms with E-state index in [1.807, 2.05) is 30.3 Å². The SMILES string of the molecule is O=C(NCCCc1ccccc1)C(=O)Nc1ccc(F)c(Cl)c1. The molecular weight excluding hydrogens is 319 g/mol. The van der Waals surface area contributed by atoms with E-state index in [2.05, 4.69) is 10.6 Å². The highest BCUT2D eigenvalue weighted by molar-refractivity contribution is 6.39. The molecular formula is C17H16ClFN2O2.